The molecule has 2 aromatic rings. The van der Waals surface area contributed by atoms with E-state index in [1.807, 2.05) is 0 Å². The first-order valence-corrected chi connectivity index (χ1v) is 7.10. The molecule has 118 valence electrons. The average Bonchev–Trinajstić information content (AvgIpc) is 2.56. The third kappa shape index (κ3) is 2.42. The van der Waals surface area contributed by atoms with Crippen molar-refractivity contribution in [1.82, 2.24) is 0 Å². The fourth-order valence-corrected chi connectivity index (χ4v) is 2.60. The lowest BCUT2D eigenvalue weighted by atomic mass is 10.1. The molecule has 0 aliphatic carbocycles. The Kier molecular flexibility index (Phi) is 3.73. The van der Waals surface area contributed by atoms with E-state index in [0.29, 0.717) is 11.4 Å². The smallest absolute Gasteiger partial charge is 0.262 e. The molecule has 0 fully saturated rings. The van der Waals surface area contributed by atoms with Gasteiger partial charge in [0.2, 0.25) is 5.91 Å². The van der Waals surface area contributed by atoms with Gasteiger partial charge in [-0.1, -0.05) is 18.2 Å². The van der Waals surface area contributed by atoms with E-state index in [1.54, 1.807) is 31.2 Å². The van der Waals surface area contributed by atoms with Gasteiger partial charge in [-0.3, -0.25) is 14.5 Å². The molecule has 0 saturated carbocycles. The highest BCUT2D eigenvalue weighted by molar-refractivity contribution is 6.16. The monoisotopic (exact) mass is 314 g/mol. The Morgan fingerprint density at radius 3 is 2.70 bits per heavy atom. The van der Waals surface area contributed by atoms with Crippen molar-refractivity contribution in [3.8, 4) is 5.75 Å². The van der Waals surface area contributed by atoms with Crippen LogP contribution in [0.4, 0.5) is 15.8 Å². The normalized spacial score (nSPS) is 16.6. The predicted octanol–water partition coefficient (Wildman–Crippen LogP) is 2.82. The van der Waals surface area contributed by atoms with Gasteiger partial charge in [0.1, 0.15) is 6.04 Å². The van der Waals surface area contributed by atoms with Gasteiger partial charge in [-0.25, -0.2) is 4.39 Å². The van der Waals surface area contributed by atoms with Crippen LogP contribution in [0.15, 0.2) is 42.5 Å². The molecule has 3 rings (SSSR count). The third-order valence-corrected chi connectivity index (χ3v) is 3.82. The van der Waals surface area contributed by atoms with Crippen LogP contribution in [0.25, 0.3) is 0 Å². The van der Waals surface area contributed by atoms with Crippen LogP contribution in [0.1, 0.15) is 17.3 Å². The largest absolute Gasteiger partial charge is 0.494 e. The number of anilines is 2. The molecule has 1 aliphatic rings. The van der Waals surface area contributed by atoms with Crippen molar-refractivity contribution in [2.45, 2.75) is 13.0 Å². The second-order valence-electron chi connectivity index (χ2n) is 5.18. The summed E-state index contributed by atoms with van der Waals surface area (Å²) in [5, 5.41) is 2.73. The number of benzene rings is 2. The van der Waals surface area contributed by atoms with Crippen LogP contribution in [0.2, 0.25) is 0 Å². The summed E-state index contributed by atoms with van der Waals surface area (Å²) in [7, 11) is 1.33. The topological polar surface area (TPSA) is 58.6 Å². The van der Waals surface area contributed by atoms with Crippen molar-refractivity contribution >= 4 is 23.2 Å². The van der Waals surface area contributed by atoms with Crippen molar-refractivity contribution < 1.29 is 18.7 Å². The highest BCUT2D eigenvalue weighted by Crippen LogP contribution is 2.33. The van der Waals surface area contributed by atoms with Crippen LogP contribution in [0, 0.1) is 5.82 Å². The van der Waals surface area contributed by atoms with Gasteiger partial charge in [-0.15, -0.1) is 0 Å². The number of rotatable bonds is 2. The zero-order valence-electron chi connectivity index (χ0n) is 12.7. The van der Waals surface area contributed by atoms with E-state index in [4.69, 9.17) is 4.74 Å². The lowest BCUT2D eigenvalue weighted by molar-refractivity contribution is -0.117. The number of methoxy groups -OCH3 is 1. The van der Waals surface area contributed by atoms with Crippen molar-refractivity contribution in [1.29, 1.82) is 0 Å². The van der Waals surface area contributed by atoms with Gasteiger partial charge in [0, 0.05) is 0 Å². The number of carbonyl (C=O) groups is 2. The molecule has 1 atom stereocenters. The standard InChI is InChI=1S/C17H15FN2O3/c1-10-16(21)19-12-7-3-4-8-13(12)20(10)17(22)11-6-5-9-14(23-2)15(11)18/h3-10H,1-2H3,(H,19,21)/t10-/m1/s1. The van der Waals surface area contributed by atoms with E-state index in [0.717, 1.165) is 0 Å². The first-order chi connectivity index (χ1) is 11.0. The maximum absolute atomic E-state index is 14.4. The van der Waals surface area contributed by atoms with Gasteiger partial charge in [-0.05, 0) is 31.2 Å². The van der Waals surface area contributed by atoms with Crippen LogP contribution in [0.5, 0.6) is 5.75 Å². The minimum atomic E-state index is -0.747. The first-order valence-electron chi connectivity index (χ1n) is 7.10. The third-order valence-electron chi connectivity index (χ3n) is 3.82. The molecule has 6 heteroatoms. The van der Waals surface area contributed by atoms with E-state index < -0.39 is 17.8 Å². The van der Waals surface area contributed by atoms with E-state index >= 15 is 0 Å². The molecule has 0 aromatic heterocycles. The quantitative estimate of drug-likeness (QED) is 0.927. The van der Waals surface area contributed by atoms with Crippen molar-refractivity contribution in [2.75, 3.05) is 17.3 Å². The lowest BCUT2D eigenvalue weighted by Crippen LogP contribution is -2.49. The zero-order valence-corrected chi connectivity index (χ0v) is 12.7. The summed E-state index contributed by atoms with van der Waals surface area (Å²) >= 11 is 0. The number of nitrogens with zero attached hydrogens (tertiary/aromatic N) is 1. The molecule has 1 aliphatic heterocycles. The zero-order chi connectivity index (χ0) is 16.6. The highest BCUT2D eigenvalue weighted by Gasteiger charge is 2.35. The van der Waals surface area contributed by atoms with Crippen LogP contribution >= 0.6 is 0 Å². The van der Waals surface area contributed by atoms with Gasteiger partial charge >= 0.3 is 0 Å². The molecule has 5 nitrogen and oxygen atoms in total. The molecule has 0 unspecified atom stereocenters. The summed E-state index contributed by atoms with van der Waals surface area (Å²) in [4.78, 5) is 26.2. The number of ether oxygens (including phenoxy) is 1. The minimum Gasteiger partial charge on any atom is -0.494 e. The van der Waals surface area contributed by atoms with E-state index in [-0.39, 0.29) is 17.2 Å². The Morgan fingerprint density at radius 2 is 1.96 bits per heavy atom. The Morgan fingerprint density at radius 1 is 1.22 bits per heavy atom. The summed E-state index contributed by atoms with van der Waals surface area (Å²) in [6, 6.07) is 10.5. The molecule has 1 N–H and O–H groups in total. The van der Waals surface area contributed by atoms with Gasteiger partial charge in [0.15, 0.2) is 11.6 Å². The number of fused-ring (bicyclic) bond motifs is 1. The van der Waals surface area contributed by atoms with E-state index in [2.05, 4.69) is 5.32 Å². The van der Waals surface area contributed by atoms with Crippen molar-refractivity contribution in [3.63, 3.8) is 0 Å². The Balaban J connectivity index is 2.10. The number of hydrogen-bond acceptors (Lipinski definition) is 3. The second-order valence-corrected chi connectivity index (χ2v) is 5.18. The second kappa shape index (κ2) is 5.72. The number of carbonyl (C=O) groups excluding carboxylic acids is 2. The number of hydrogen-bond donors (Lipinski definition) is 1. The summed E-state index contributed by atoms with van der Waals surface area (Å²) in [5.41, 5.74) is 0.916. The van der Waals surface area contributed by atoms with Crippen LogP contribution in [0.3, 0.4) is 0 Å². The van der Waals surface area contributed by atoms with Crippen LogP contribution < -0.4 is 15.0 Å². The van der Waals surface area contributed by atoms with E-state index in [9.17, 15) is 14.0 Å². The van der Waals surface area contributed by atoms with Gasteiger partial charge in [-0.2, -0.15) is 0 Å². The Labute approximate surface area is 132 Å². The molecular weight excluding hydrogens is 299 g/mol. The maximum Gasteiger partial charge on any atom is 0.262 e. The van der Waals surface area contributed by atoms with Crippen LogP contribution in [-0.2, 0) is 4.79 Å². The van der Waals surface area contributed by atoms with Gasteiger partial charge in [0.05, 0.1) is 24.0 Å². The molecular formula is C17H15FN2O3. The summed E-state index contributed by atoms with van der Waals surface area (Å²) in [6.07, 6.45) is 0. The molecule has 1 heterocycles. The highest BCUT2D eigenvalue weighted by atomic mass is 19.1. The maximum atomic E-state index is 14.4. The Bertz CT molecular complexity index is 791. The number of nitrogens with one attached hydrogen (secondary N) is 1. The van der Waals surface area contributed by atoms with Crippen LogP contribution in [-0.4, -0.2) is 25.0 Å². The molecule has 2 aromatic carbocycles. The van der Waals surface area contributed by atoms with Crippen molar-refractivity contribution in [2.24, 2.45) is 0 Å². The van der Waals surface area contributed by atoms with Crippen molar-refractivity contribution in [3.05, 3.63) is 53.8 Å². The summed E-state index contributed by atoms with van der Waals surface area (Å²) in [6.45, 7) is 1.60. The number of amides is 2. The molecule has 0 spiro atoms. The van der Waals surface area contributed by atoms with E-state index in [1.165, 1.54) is 30.2 Å². The van der Waals surface area contributed by atoms with Gasteiger partial charge < -0.3 is 10.1 Å². The number of para-hydroxylation sites is 2. The Hall–Kier alpha value is -2.89. The molecule has 0 radical (unpaired) electrons. The summed E-state index contributed by atoms with van der Waals surface area (Å²) < 4.78 is 19.3. The molecule has 2 amide bonds. The van der Waals surface area contributed by atoms with Gasteiger partial charge in [0.25, 0.3) is 5.91 Å². The molecule has 0 saturated heterocycles. The average molecular weight is 314 g/mol. The molecule has 0 bridgehead atoms. The lowest BCUT2D eigenvalue weighted by Gasteiger charge is -2.34. The SMILES string of the molecule is COc1cccc(C(=O)N2c3ccccc3NC(=O)[C@H]2C)c1F. The predicted molar refractivity (Wildman–Crippen MR) is 84.3 cm³/mol. The number of halogens is 1. The minimum absolute atomic E-state index is 0.0155. The summed E-state index contributed by atoms with van der Waals surface area (Å²) in [5.74, 6) is -1.66. The molecule has 23 heavy (non-hydrogen) atoms. The fraction of sp³-hybridized carbons (Fsp3) is 0.176. The fourth-order valence-electron chi connectivity index (χ4n) is 2.60. The first kappa shape index (κ1) is 15.0.